The number of aromatic nitrogens is 3. The predicted molar refractivity (Wildman–Crippen MR) is 111 cm³/mol. The zero-order chi connectivity index (χ0) is 21.0. The van der Waals surface area contributed by atoms with Crippen LogP contribution < -0.4 is 15.4 Å². The summed E-state index contributed by atoms with van der Waals surface area (Å²) in [5.74, 6) is 0.799. The lowest BCUT2D eigenvalue weighted by Gasteiger charge is -2.24. The van der Waals surface area contributed by atoms with Gasteiger partial charge >= 0.3 is 6.03 Å². The van der Waals surface area contributed by atoms with E-state index in [-0.39, 0.29) is 0 Å². The van der Waals surface area contributed by atoms with Crippen LogP contribution >= 0.6 is 0 Å². The standard InChI is InChI=1S/C21H25N5O4/c1-2-29-10-11-30-19-15-13-22-17(12-16(15)25-26-19)23-20(27)24-18(21(28)8-9-21)14-6-4-3-5-7-14/h3-7,12-13,18,28H,2,8-11H2,1H3,(H,25,26)(H2,22,23,24,27). The highest BCUT2D eigenvalue weighted by molar-refractivity contribution is 5.92. The first kappa shape index (κ1) is 20.1. The highest BCUT2D eigenvalue weighted by Crippen LogP contribution is 2.45. The van der Waals surface area contributed by atoms with Crippen molar-refractivity contribution in [2.24, 2.45) is 0 Å². The van der Waals surface area contributed by atoms with E-state index in [0.717, 1.165) is 5.56 Å². The maximum absolute atomic E-state index is 12.6. The number of hydrogen-bond acceptors (Lipinski definition) is 6. The Bertz CT molecular complexity index is 1000. The molecule has 0 saturated heterocycles. The first-order chi connectivity index (χ1) is 14.6. The smallest absolute Gasteiger partial charge is 0.320 e. The SMILES string of the molecule is CCOCCOc1n[nH]c2cc(NC(=O)NC(c3ccccc3)C3(O)CC3)ncc12. The first-order valence-corrected chi connectivity index (χ1v) is 9.98. The molecule has 1 unspecified atom stereocenters. The maximum Gasteiger partial charge on any atom is 0.320 e. The van der Waals surface area contributed by atoms with Crippen LogP contribution in [-0.4, -0.2) is 51.7 Å². The molecular weight excluding hydrogens is 386 g/mol. The number of urea groups is 1. The van der Waals surface area contributed by atoms with Crippen molar-refractivity contribution >= 4 is 22.8 Å². The molecule has 0 spiro atoms. The summed E-state index contributed by atoms with van der Waals surface area (Å²) < 4.78 is 10.8. The topological polar surface area (TPSA) is 121 Å². The zero-order valence-corrected chi connectivity index (χ0v) is 16.7. The summed E-state index contributed by atoms with van der Waals surface area (Å²) in [5.41, 5.74) is 0.637. The second-order valence-corrected chi connectivity index (χ2v) is 7.24. The Morgan fingerprint density at radius 1 is 1.30 bits per heavy atom. The molecule has 1 fully saturated rings. The number of H-pyrrole nitrogens is 1. The summed E-state index contributed by atoms with van der Waals surface area (Å²) >= 11 is 0. The monoisotopic (exact) mass is 411 g/mol. The van der Waals surface area contributed by atoms with Crippen molar-refractivity contribution in [2.75, 3.05) is 25.1 Å². The van der Waals surface area contributed by atoms with E-state index in [0.29, 0.717) is 55.3 Å². The predicted octanol–water partition coefficient (Wildman–Crippen LogP) is 2.76. The van der Waals surface area contributed by atoms with Crippen molar-refractivity contribution in [3.63, 3.8) is 0 Å². The number of aliphatic hydroxyl groups is 1. The highest BCUT2D eigenvalue weighted by atomic mass is 16.5. The van der Waals surface area contributed by atoms with Crippen LogP contribution in [0.4, 0.5) is 10.6 Å². The van der Waals surface area contributed by atoms with E-state index < -0.39 is 17.7 Å². The average molecular weight is 411 g/mol. The number of amides is 2. The number of nitrogens with one attached hydrogen (secondary N) is 3. The van der Waals surface area contributed by atoms with E-state index in [2.05, 4.69) is 25.8 Å². The van der Waals surface area contributed by atoms with Crippen LogP contribution in [-0.2, 0) is 4.74 Å². The van der Waals surface area contributed by atoms with E-state index in [1.807, 2.05) is 37.3 Å². The van der Waals surface area contributed by atoms with Gasteiger partial charge in [-0.3, -0.25) is 10.4 Å². The largest absolute Gasteiger partial charge is 0.474 e. The molecule has 1 aromatic carbocycles. The minimum atomic E-state index is -0.910. The fraction of sp³-hybridized carbons (Fsp3) is 0.381. The number of pyridine rings is 1. The molecule has 2 aromatic heterocycles. The van der Waals surface area contributed by atoms with Gasteiger partial charge in [-0.1, -0.05) is 30.3 Å². The number of fused-ring (bicyclic) bond motifs is 1. The van der Waals surface area contributed by atoms with Gasteiger partial charge in [-0.25, -0.2) is 9.78 Å². The average Bonchev–Trinajstić information content (AvgIpc) is 3.38. The van der Waals surface area contributed by atoms with Crippen LogP contribution in [0.3, 0.4) is 0 Å². The molecule has 9 nitrogen and oxygen atoms in total. The molecule has 30 heavy (non-hydrogen) atoms. The normalized spacial score (nSPS) is 15.5. The Hall–Kier alpha value is -3.17. The minimum Gasteiger partial charge on any atom is -0.474 e. The number of rotatable bonds is 9. The molecule has 4 N–H and O–H groups in total. The van der Waals surface area contributed by atoms with E-state index in [4.69, 9.17) is 9.47 Å². The lowest BCUT2D eigenvalue weighted by molar-refractivity contribution is 0.106. The molecule has 9 heteroatoms. The van der Waals surface area contributed by atoms with Gasteiger partial charge < -0.3 is 19.9 Å². The van der Waals surface area contributed by atoms with Crippen LogP contribution in [0.5, 0.6) is 5.88 Å². The maximum atomic E-state index is 12.6. The van der Waals surface area contributed by atoms with Crippen LogP contribution in [0, 0.1) is 0 Å². The van der Waals surface area contributed by atoms with Gasteiger partial charge in [0.2, 0.25) is 5.88 Å². The molecule has 3 aromatic rings. The summed E-state index contributed by atoms with van der Waals surface area (Å²) in [4.78, 5) is 16.9. The van der Waals surface area contributed by atoms with Crippen LogP contribution in [0.2, 0.25) is 0 Å². The second kappa shape index (κ2) is 8.68. The Morgan fingerprint density at radius 2 is 2.10 bits per heavy atom. The Labute approximate surface area is 173 Å². The van der Waals surface area contributed by atoms with Gasteiger partial charge in [-0.2, -0.15) is 0 Å². The first-order valence-electron chi connectivity index (χ1n) is 9.98. The van der Waals surface area contributed by atoms with Gasteiger partial charge in [0, 0.05) is 18.9 Å². The van der Waals surface area contributed by atoms with Gasteiger partial charge in [-0.15, -0.1) is 5.10 Å². The number of nitrogens with zero attached hydrogens (tertiary/aromatic N) is 2. The number of aromatic amines is 1. The highest BCUT2D eigenvalue weighted by Gasteiger charge is 2.49. The summed E-state index contributed by atoms with van der Waals surface area (Å²) in [6.07, 6.45) is 2.89. The van der Waals surface area contributed by atoms with Crippen LogP contribution in [0.25, 0.3) is 10.9 Å². The molecule has 1 saturated carbocycles. The number of carbonyl (C=O) groups is 1. The Kier molecular flexibility index (Phi) is 5.82. The molecule has 158 valence electrons. The quantitative estimate of drug-likeness (QED) is 0.402. The lowest BCUT2D eigenvalue weighted by atomic mass is 10.00. The van der Waals surface area contributed by atoms with Crippen LogP contribution in [0.15, 0.2) is 42.6 Å². The van der Waals surface area contributed by atoms with Crippen molar-refractivity contribution in [1.29, 1.82) is 0 Å². The van der Waals surface area contributed by atoms with Crippen LogP contribution in [0.1, 0.15) is 31.4 Å². The Balaban J connectivity index is 1.41. The van der Waals surface area contributed by atoms with Crippen molar-refractivity contribution in [1.82, 2.24) is 20.5 Å². The van der Waals surface area contributed by atoms with Gasteiger partial charge in [0.15, 0.2) is 0 Å². The van der Waals surface area contributed by atoms with Gasteiger partial charge in [0.25, 0.3) is 0 Å². The fourth-order valence-electron chi connectivity index (χ4n) is 3.28. The molecule has 4 rings (SSSR count). The third kappa shape index (κ3) is 4.52. The number of carbonyl (C=O) groups excluding carboxylic acids is 1. The van der Waals surface area contributed by atoms with Crippen molar-refractivity contribution in [2.45, 2.75) is 31.4 Å². The number of ether oxygens (including phenoxy) is 2. The number of hydrogen-bond donors (Lipinski definition) is 4. The molecule has 0 radical (unpaired) electrons. The fourth-order valence-corrected chi connectivity index (χ4v) is 3.28. The molecule has 0 aliphatic heterocycles. The molecule has 2 amide bonds. The second-order valence-electron chi connectivity index (χ2n) is 7.24. The van der Waals surface area contributed by atoms with Crippen molar-refractivity contribution in [3.05, 3.63) is 48.2 Å². The van der Waals surface area contributed by atoms with Gasteiger partial charge in [0.05, 0.1) is 29.2 Å². The van der Waals surface area contributed by atoms with E-state index in [1.165, 1.54) is 0 Å². The van der Waals surface area contributed by atoms with Crippen molar-refractivity contribution in [3.8, 4) is 5.88 Å². The van der Waals surface area contributed by atoms with E-state index >= 15 is 0 Å². The Morgan fingerprint density at radius 3 is 2.83 bits per heavy atom. The molecule has 1 atom stereocenters. The minimum absolute atomic E-state index is 0.360. The number of anilines is 1. The summed E-state index contributed by atoms with van der Waals surface area (Å²) in [6.45, 7) is 3.42. The molecule has 1 aliphatic carbocycles. The molecule has 2 heterocycles. The molecular formula is C21H25N5O4. The van der Waals surface area contributed by atoms with E-state index in [1.54, 1.807) is 12.3 Å². The molecule has 0 bridgehead atoms. The summed E-state index contributed by atoms with van der Waals surface area (Å²) in [7, 11) is 0. The number of benzene rings is 1. The molecule has 1 aliphatic rings. The zero-order valence-electron chi connectivity index (χ0n) is 16.7. The van der Waals surface area contributed by atoms with Gasteiger partial charge in [0.1, 0.15) is 12.4 Å². The third-order valence-corrected chi connectivity index (χ3v) is 5.03. The summed E-state index contributed by atoms with van der Waals surface area (Å²) in [6, 6.07) is 10.2. The van der Waals surface area contributed by atoms with Crippen molar-refractivity contribution < 1.29 is 19.4 Å². The third-order valence-electron chi connectivity index (χ3n) is 5.03. The summed E-state index contributed by atoms with van der Waals surface area (Å²) in [5, 5.41) is 23.9. The van der Waals surface area contributed by atoms with E-state index in [9.17, 15) is 9.90 Å². The lowest BCUT2D eigenvalue weighted by Crippen LogP contribution is -2.40. The van der Waals surface area contributed by atoms with Gasteiger partial charge in [-0.05, 0) is 25.3 Å².